The van der Waals surface area contributed by atoms with Crippen LogP contribution in [0.1, 0.15) is 0 Å². The number of carbonyl (C=O) groups excluding carboxylic acids is 1. The molecule has 0 aliphatic carbocycles. The molecule has 0 unspecified atom stereocenters. The van der Waals surface area contributed by atoms with E-state index < -0.39 is 24.3 Å². The molecule has 88 valence electrons. The predicted molar refractivity (Wildman–Crippen MR) is 24.2 cm³/mol. The second kappa shape index (κ2) is 3.21. The van der Waals surface area contributed by atoms with Gasteiger partial charge in [-0.2, -0.15) is 36.1 Å². The summed E-state index contributed by atoms with van der Waals surface area (Å²) in [7, 11) is 0. The molecule has 0 amide bonds. The smallest absolute Gasteiger partial charge is 0.282 e. The molecule has 11 heteroatoms. The Morgan fingerprint density at radius 2 is 1.53 bits per heavy atom. The molecule has 1 saturated heterocycles. The molecule has 0 atom stereocenters. The van der Waals surface area contributed by atoms with Crippen LogP contribution in [0, 0.1) is 0 Å². The summed E-state index contributed by atoms with van der Waals surface area (Å²) in [6, 6.07) is 0. The van der Waals surface area contributed by atoms with Gasteiger partial charge in [-0.3, -0.25) is 4.89 Å². The van der Waals surface area contributed by atoms with Crippen molar-refractivity contribution in [2.75, 3.05) is 0 Å². The zero-order chi connectivity index (χ0) is 11.9. The first-order valence-electron chi connectivity index (χ1n) is 2.99. The highest BCUT2D eigenvalue weighted by Crippen LogP contribution is 2.46. The van der Waals surface area contributed by atoms with Crippen molar-refractivity contribution in [1.29, 1.82) is 0 Å². The van der Waals surface area contributed by atoms with Crippen molar-refractivity contribution in [2.45, 2.75) is 18.3 Å². The van der Waals surface area contributed by atoms with Gasteiger partial charge in [0.05, 0.1) is 0 Å². The fourth-order valence-electron chi connectivity index (χ4n) is 0.347. The third-order valence-corrected chi connectivity index (χ3v) is 1.04. The van der Waals surface area contributed by atoms with Gasteiger partial charge in [0.25, 0.3) is 0 Å². The van der Waals surface area contributed by atoms with Crippen LogP contribution < -0.4 is 0 Å². The predicted octanol–water partition coefficient (Wildman–Crippen LogP) is 1.20. The van der Waals surface area contributed by atoms with Crippen LogP contribution in [-0.2, 0) is 24.3 Å². The molecule has 0 saturated carbocycles. The topological polar surface area (TPSA) is 60.6 Å². The van der Waals surface area contributed by atoms with Gasteiger partial charge in [-0.1, -0.05) is 0 Å². The minimum Gasteiger partial charge on any atom is -0.282 e. The first-order valence-corrected chi connectivity index (χ1v) is 2.99. The third kappa shape index (κ3) is 2.49. The number of hydrogen-bond acceptors (Lipinski definition) is 5. The van der Waals surface area contributed by atoms with E-state index in [0.29, 0.717) is 0 Å². The summed E-state index contributed by atoms with van der Waals surface area (Å²) in [5, 5.41) is 0. The molecule has 0 aromatic rings. The highest BCUT2D eigenvalue weighted by atomic mass is 19.4. The average molecular weight is 242 g/mol. The summed E-state index contributed by atoms with van der Waals surface area (Å²) in [5.41, 5.74) is 0. The zero-order valence-electron chi connectivity index (χ0n) is 6.31. The zero-order valence-corrected chi connectivity index (χ0v) is 6.31. The first kappa shape index (κ1) is 12.0. The minimum absolute atomic E-state index is 2.83. The summed E-state index contributed by atoms with van der Waals surface area (Å²) in [6.07, 6.45) is -10.8. The van der Waals surface area contributed by atoms with Crippen molar-refractivity contribution in [3.05, 3.63) is 0 Å². The molecule has 5 nitrogen and oxygen atoms in total. The maximum atomic E-state index is 11.8. The number of rotatable bonds is 2. The third-order valence-electron chi connectivity index (χ3n) is 1.04. The fraction of sp³-hybridized carbons (Fsp3) is 0.750. The molecule has 1 aliphatic rings. The van der Waals surface area contributed by atoms with Crippen molar-refractivity contribution >= 4 is 5.97 Å². The first-order chi connectivity index (χ1) is 6.58. The van der Waals surface area contributed by atoms with Crippen LogP contribution in [0.5, 0.6) is 0 Å². The highest BCUT2D eigenvalue weighted by molar-refractivity contribution is 5.74. The molecule has 0 bridgehead atoms. The maximum Gasteiger partial charge on any atom is 0.494 e. The van der Waals surface area contributed by atoms with Gasteiger partial charge in [-0.25, -0.2) is 4.79 Å². The summed E-state index contributed by atoms with van der Waals surface area (Å²) in [5.74, 6) is -6.72. The van der Waals surface area contributed by atoms with Crippen molar-refractivity contribution < 1.29 is 50.7 Å². The number of hydrogen-bond donors (Lipinski definition) is 0. The van der Waals surface area contributed by atoms with Crippen LogP contribution in [0.25, 0.3) is 0 Å². The van der Waals surface area contributed by atoms with Crippen molar-refractivity contribution in [2.24, 2.45) is 0 Å². The average Bonchev–Trinajstić information content (AvgIpc) is 2.77. The molecule has 1 heterocycles. The Hall–Kier alpha value is -1.07. The molecule has 0 N–H and O–H groups in total. The normalized spacial score (nSPS) is 19.9. The van der Waals surface area contributed by atoms with Gasteiger partial charge >= 0.3 is 24.3 Å². The van der Waals surface area contributed by atoms with Gasteiger partial charge in [0.1, 0.15) is 0 Å². The van der Waals surface area contributed by atoms with Crippen LogP contribution in [0.2, 0.25) is 0 Å². The largest absolute Gasteiger partial charge is 0.494 e. The van der Waals surface area contributed by atoms with E-state index in [-0.39, 0.29) is 0 Å². The fourth-order valence-corrected chi connectivity index (χ4v) is 0.347. The lowest BCUT2D eigenvalue weighted by molar-refractivity contribution is -0.414. The number of alkyl halides is 6. The van der Waals surface area contributed by atoms with E-state index in [1.54, 1.807) is 0 Å². The van der Waals surface area contributed by atoms with Gasteiger partial charge in [0, 0.05) is 0 Å². The second-order valence-corrected chi connectivity index (χ2v) is 2.17. The van der Waals surface area contributed by atoms with E-state index in [4.69, 9.17) is 0 Å². The van der Waals surface area contributed by atoms with E-state index in [9.17, 15) is 31.1 Å². The number of halogens is 6. The van der Waals surface area contributed by atoms with E-state index in [0.717, 1.165) is 0 Å². The van der Waals surface area contributed by atoms with E-state index in [2.05, 4.69) is 19.6 Å². The SMILES string of the molecule is O=C(OOC1(C(F)(F)F)OO1)C(F)(F)F. The second-order valence-electron chi connectivity index (χ2n) is 2.17. The molecular weight excluding hydrogens is 242 g/mol. The minimum atomic E-state index is -5.48. The van der Waals surface area contributed by atoms with Gasteiger partial charge in [-0.05, 0) is 0 Å². The van der Waals surface area contributed by atoms with E-state index >= 15 is 0 Å². The Balaban J connectivity index is 2.49. The molecule has 0 spiro atoms. The lowest BCUT2D eigenvalue weighted by Crippen LogP contribution is -2.38. The summed E-state index contributed by atoms with van der Waals surface area (Å²) in [4.78, 5) is 22.3. The van der Waals surface area contributed by atoms with Crippen molar-refractivity contribution in [1.82, 2.24) is 0 Å². The molecule has 15 heavy (non-hydrogen) atoms. The Morgan fingerprint density at radius 3 is 1.80 bits per heavy atom. The Morgan fingerprint density at radius 1 is 1.07 bits per heavy atom. The monoisotopic (exact) mass is 242 g/mol. The molecule has 0 radical (unpaired) electrons. The Bertz CT molecular complexity index is 264. The summed E-state index contributed by atoms with van der Waals surface area (Å²) in [6.45, 7) is 0. The lowest BCUT2D eigenvalue weighted by Gasteiger charge is -2.10. The molecule has 0 aromatic carbocycles. The van der Waals surface area contributed by atoms with Gasteiger partial charge < -0.3 is 0 Å². The van der Waals surface area contributed by atoms with Crippen LogP contribution >= 0.6 is 0 Å². The molecule has 1 aliphatic heterocycles. The van der Waals surface area contributed by atoms with E-state index in [1.807, 2.05) is 0 Å². The lowest BCUT2D eigenvalue weighted by atomic mass is 10.6. The molecule has 1 rings (SSSR count). The Kier molecular flexibility index (Phi) is 2.57. The summed E-state index contributed by atoms with van der Waals surface area (Å²) < 4.78 is 69.7. The van der Waals surface area contributed by atoms with Gasteiger partial charge in [0.2, 0.25) is 0 Å². The van der Waals surface area contributed by atoms with Crippen molar-refractivity contribution in [3.8, 4) is 0 Å². The van der Waals surface area contributed by atoms with Crippen LogP contribution in [0.3, 0.4) is 0 Å². The molecular formula is C4F6O5. The van der Waals surface area contributed by atoms with Gasteiger partial charge in [-0.15, -0.1) is 4.89 Å². The van der Waals surface area contributed by atoms with Crippen LogP contribution in [-0.4, -0.2) is 24.3 Å². The standard InChI is InChI=1S/C4F6O5/c5-2(6,7)1(11)12-13-4(14-15-4)3(8,9)10. The van der Waals surface area contributed by atoms with Gasteiger partial charge in [0.15, 0.2) is 0 Å². The number of carbonyl (C=O) groups is 1. The summed E-state index contributed by atoms with van der Waals surface area (Å²) >= 11 is 0. The maximum absolute atomic E-state index is 11.8. The quantitative estimate of drug-likeness (QED) is 0.315. The highest BCUT2D eigenvalue weighted by Gasteiger charge is 2.75. The Labute approximate surface area is 76.3 Å². The molecule has 1 fully saturated rings. The van der Waals surface area contributed by atoms with Crippen LogP contribution in [0.15, 0.2) is 0 Å². The van der Waals surface area contributed by atoms with E-state index in [1.165, 1.54) is 0 Å². The molecule has 0 aromatic heterocycles. The van der Waals surface area contributed by atoms with Crippen molar-refractivity contribution in [3.63, 3.8) is 0 Å². The van der Waals surface area contributed by atoms with Crippen LogP contribution in [0.4, 0.5) is 26.3 Å².